The predicted octanol–water partition coefficient (Wildman–Crippen LogP) is 3.09. The van der Waals surface area contributed by atoms with Crippen LogP contribution >= 0.6 is 0 Å². The van der Waals surface area contributed by atoms with E-state index in [1.807, 2.05) is 30.3 Å². The lowest BCUT2D eigenvalue weighted by Crippen LogP contribution is -2.34. The summed E-state index contributed by atoms with van der Waals surface area (Å²) in [6.45, 7) is 2.60. The van der Waals surface area contributed by atoms with Crippen molar-refractivity contribution in [3.63, 3.8) is 0 Å². The number of likely N-dealkylation sites (tertiary alicyclic amines) is 1. The molecule has 0 unspecified atom stereocenters. The molecule has 3 N–H and O–H groups in total. The van der Waals surface area contributed by atoms with E-state index in [0.29, 0.717) is 18.1 Å². The van der Waals surface area contributed by atoms with E-state index in [9.17, 15) is 4.79 Å². The van der Waals surface area contributed by atoms with E-state index in [1.54, 1.807) is 12.1 Å². The number of benzene rings is 2. The fourth-order valence-electron chi connectivity index (χ4n) is 3.08. The molecule has 0 bridgehead atoms. The zero-order valence-corrected chi connectivity index (χ0v) is 15.0. The second-order valence-electron chi connectivity index (χ2n) is 6.56. The van der Waals surface area contributed by atoms with Crippen LogP contribution in [-0.4, -0.2) is 36.4 Å². The highest BCUT2D eigenvalue weighted by molar-refractivity contribution is 5.94. The molecule has 136 valence electrons. The van der Waals surface area contributed by atoms with E-state index < -0.39 is 0 Å². The first kappa shape index (κ1) is 18.0. The monoisotopic (exact) mass is 350 g/mol. The molecule has 5 heteroatoms. The quantitative estimate of drug-likeness (QED) is 0.478. The molecular formula is C21H26N4O. The molecule has 3 rings (SSSR count). The van der Waals surface area contributed by atoms with Crippen LogP contribution in [0, 0.1) is 0 Å². The van der Waals surface area contributed by atoms with Crippen LogP contribution in [0.5, 0.6) is 0 Å². The first-order valence-electron chi connectivity index (χ1n) is 9.24. The molecule has 2 aromatic carbocycles. The van der Waals surface area contributed by atoms with Crippen molar-refractivity contribution < 1.29 is 4.79 Å². The van der Waals surface area contributed by atoms with Crippen LogP contribution in [0.4, 0.5) is 5.69 Å². The van der Waals surface area contributed by atoms with Crippen molar-refractivity contribution in [1.29, 1.82) is 0 Å². The Morgan fingerprint density at radius 3 is 2.42 bits per heavy atom. The van der Waals surface area contributed by atoms with Crippen LogP contribution in [-0.2, 0) is 6.42 Å². The highest BCUT2D eigenvalue weighted by Gasteiger charge is 2.13. The van der Waals surface area contributed by atoms with Gasteiger partial charge in [-0.1, -0.05) is 30.3 Å². The molecule has 5 nitrogen and oxygen atoms in total. The molecule has 2 aromatic rings. The second kappa shape index (κ2) is 9.04. The Labute approximate surface area is 154 Å². The lowest BCUT2D eigenvalue weighted by atomic mass is 10.1. The lowest BCUT2D eigenvalue weighted by molar-refractivity contribution is 0.0953. The smallest absolute Gasteiger partial charge is 0.251 e. The number of carbonyl (C=O) groups is 1. The third kappa shape index (κ3) is 5.09. The SMILES string of the molecule is NC(=Nc1ccc(C(=O)NCCCc2ccccc2)cc1)N1CCCC1. The summed E-state index contributed by atoms with van der Waals surface area (Å²) in [6.07, 6.45) is 4.22. The van der Waals surface area contributed by atoms with Gasteiger partial charge in [0.15, 0.2) is 5.96 Å². The second-order valence-corrected chi connectivity index (χ2v) is 6.56. The molecular weight excluding hydrogens is 324 g/mol. The molecule has 26 heavy (non-hydrogen) atoms. The molecule has 0 atom stereocenters. The van der Waals surface area contributed by atoms with Crippen molar-refractivity contribution in [2.45, 2.75) is 25.7 Å². The van der Waals surface area contributed by atoms with Crippen molar-refractivity contribution in [3.8, 4) is 0 Å². The van der Waals surface area contributed by atoms with Gasteiger partial charge in [0.25, 0.3) is 5.91 Å². The summed E-state index contributed by atoms with van der Waals surface area (Å²) in [5.41, 5.74) is 8.74. The van der Waals surface area contributed by atoms with Crippen LogP contribution in [0.25, 0.3) is 0 Å². The maximum absolute atomic E-state index is 12.2. The summed E-state index contributed by atoms with van der Waals surface area (Å²) >= 11 is 0. The Morgan fingerprint density at radius 2 is 1.73 bits per heavy atom. The van der Waals surface area contributed by atoms with Crippen LogP contribution in [0.15, 0.2) is 59.6 Å². The van der Waals surface area contributed by atoms with Crippen LogP contribution in [0.1, 0.15) is 35.2 Å². The minimum absolute atomic E-state index is 0.0545. The molecule has 0 aliphatic carbocycles. The first-order valence-corrected chi connectivity index (χ1v) is 9.24. The summed E-state index contributed by atoms with van der Waals surface area (Å²) in [5, 5.41) is 2.97. The summed E-state index contributed by atoms with van der Waals surface area (Å²) in [6, 6.07) is 17.6. The molecule has 1 fully saturated rings. The van der Waals surface area contributed by atoms with Crippen molar-refractivity contribution in [2.75, 3.05) is 19.6 Å². The maximum Gasteiger partial charge on any atom is 0.251 e. The normalized spacial score (nSPS) is 14.5. The van der Waals surface area contributed by atoms with E-state index >= 15 is 0 Å². The number of amides is 1. The molecule has 0 radical (unpaired) electrons. The Bertz CT molecular complexity index is 734. The maximum atomic E-state index is 12.2. The summed E-state index contributed by atoms with van der Waals surface area (Å²) in [4.78, 5) is 18.7. The molecule has 1 saturated heterocycles. The van der Waals surface area contributed by atoms with Gasteiger partial charge in [0.1, 0.15) is 0 Å². The largest absolute Gasteiger partial charge is 0.369 e. The fourth-order valence-corrected chi connectivity index (χ4v) is 3.08. The Balaban J connectivity index is 1.46. The van der Waals surface area contributed by atoms with E-state index in [0.717, 1.165) is 31.6 Å². The van der Waals surface area contributed by atoms with Gasteiger partial charge in [0.05, 0.1) is 5.69 Å². The minimum atomic E-state index is -0.0545. The van der Waals surface area contributed by atoms with Crippen molar-refractivity contribution in [3.05, 3.63) is 65.7 Å². The average Bonchev–Trinajstić information content (AvgIpc) is 3.21. The molecule has 0 spiro atoms. The molecule has 1 aliphatic heterocycles. The zero-order valence-electron chi connectivity index (χ0n) is 15.0. The average molecular weight is 350 g/mol. The minimum Gasteiger partial charge on any atom is -0.369 e. The summed E-state index contributed by atoms with van der Waals surface area (Å²) in [5.74, 6) is 0.502. The number of nitrogens with zero attached hydrogens (tertiary/aromatic N) is 2. The van der Waals surface area contributed by atoms with Gasteiger partial charge in [0, 0.05) is 25.2 Å². The number of carbonyl (C=O) groups excluding carboxylic acids is 1. The number of nitrogens with one attached hydrogen (secondary N) is 1. The van der Waals surface area contributed by atoms with Crippen molar-refractivity contribution in [1.82, 2.24) is 10.2 Å². The highest BCUT2D eigenvalue weighted by atomic mass is 16.1. The van der Waals surface area contributed by atoms with Gasteiger partial charge in [-0.2, -0.15) is 0 Å². The van der Waals surface area contributed by atoms with E-state index in [2.05, 4.69) is 27.3 Å². The van der Waals surface area contributed by atoms with E-state index in [-0.39, 0.29) is 5.91 Å². The topological polar surface area (TPSA) is 70.7 Å². The van der Waals surface area contributed by atoms with Crippen molar-refractivity contribution >= 4 is 17.6 Å². The number of hydrogen-bond donors (Lipinski definition) is 2. The third-order valence-electron chi connectivity index (χ3n) is 4.57. The van der Waals surface area contributed by atoms with Gasteiger partial charge < -0.3 is 16.0 Å². The summed E-state index contributed by atoms with van der Waals surface area (Å²) < 4.78 is 0. The van der Waals surface area contributed by atoms with Gasteiger partial charge in [-0.3, -0.25) is 4.79 Å². The van der Waals surface area contributed by atoms with Crippen LogP contribution in [0.2, 0.25) is 0 Å². The Morgan fingerprint density at radius 1 is 1.04 bits per heavy atom. The van der Waals surface area contributed by atoms with Gasteiger partial charge >= 0.3 is 0 Å². The molecule has 1 amide bonds. The molecule has 1 aliphatic rings. The lowest BCUT2D eigenvalue weighted by Gasteiger charge is -2.15. The van der Waals surface area contributed by atoms with E-state index in [1.165, 1.54) is 18.4 Å². The zero-order chi connectivity index (χ0) is 18.2. The predicted molar refractivity (Wildman–Crippen MR) is 106 cm³/mol. The number of nitrogens with two attached hydrogens (primary N) is 1. The first-order chi connectivity index (χ1) is 12.7. The van der Waals surface area contributed by atoms with Crippen LogP contribution in [0.3, 0.4) is 0 Å². The number of hydrogen-bond acceptors (Lipinski definition) is 2. The van der Waals surface area contributed by atoms with Gasteiger partial charge in [-0.15, -0.1) is 0 Å². The number of guanidine groups is 1. The highest BCUT2D eigenvalue weighted by Crippen LogP contribution is 2.15. The van der Waals surface area contributed by atoms with Gasteiger partial charge in [0.2, 0.25) is 0 Å². The number of rotatable bonds is 6. The number of aryl methyl sites for hydroxylation is 1. The van der Waals surface area contributed by atoms with Crippen molar-refractivity contribution in [2.24, 2.45) is 10.7 Å². The standard InChI is InChI=1S/C21H26N4O/c22-21(25-15-4-5-16-25)24-19-12-10-18(11-13-19)20(26)23-14-6-9-17-7-2-1-3-8-17/h1-3,7-8,10-13H,4-6,9,14-16H2,(H2,22,24)(H,23,26). The summed E-state index contributed by atoms with van der Waals surface area (Å²) in [7, 11) is 0. The Hall–Kier alpha value is -2.82. The fraction of sp³-hybridized carbons (Fsp3) is 0.333. The molecule has 0 aromatic heterocycles. The number of aliphatic imine (C=N–C) groups is 1. The van der Waals surface area contributed by atoms with E-state index in [4.69, 9.17) is 5.73 Å². The van der Waals surface area contributed by atoms with Gasteiger partial charge in [-0.25, -0.2) is 4.99 Å². The third-order valence-corrected chi connectivity index (χ3v) is 4.57. The van der Waals surface area contributed by atoms with Crippen LogP contribution < -0.4 is 11.1 Å². The molecule has 0 saturated carbocycles. The van der Waals surface area contributed by atoms with Gasteiger partial charge in [-0.05, 0) is 55.5 Å². The Kier molecular flexibility index (Phi) is 6.25. The molecule has 1 heterocycles.